The standard InChI is InChI=1S/C21H38Cl2N4/c1-2-3-4-5-6-7-8-9-10-11-13-18(22)16-19(23)14-12-15-20-25-17-26-21(24)27-20/h17-19H,2-16H2,1H3,(H2,24,25,26,27). The highest BCUT2D eigenvalue weighted by Crippen LogP contribution is 2.21. The first kappa shape index (κ1) is 24.4. The minimum Gasteiger partial charge on any atom is -0.368 e. The molecular formula is C21H38Cl2N4. The Balaban J connectivity index is 1.94. The van der Waals surface area contributed by atoms with Crippen molar-refractivity contribution in [3.05, 3.63) is 12.2 Å². The van der Waals surface area contributed by atoms with Crippen LogP contribution in [0.4, 0.5) is 5.95 Å². The zero-order valence-electron chi connectivity index (χ0n) is 17.0. The Labute approximate surface area is 176 Å². The van der Waals surface area contributed by atoms with Gasteiger partial charge in [0.05, 0.1) is 0 Å². The summed E-state index contributed by atoms with van der Waals surface area (Å²) in [6, 6.07) is 0. The molecule has 0 saturated heterocycles. The lowest BCUT2D eigenvalue weighted by Crippen LogP contribution is -2.10. The van der Waals surface area contributed by atoms with E-state index in [9.17, 15) is 0 Å². The van der Waals surface area contributed by atoms with Crippen molar-refractivity contribution in [3.63, 3.8) is 0 Å². The molecule has 0 saturated carbocycles. The van der Waals surface area contributed by atoms with Gasteiger partial charge in [-0.3, -0.25) is 0 Å². The zero-order chi connectivity index (χ0) is 19.7. The highest BCUT2D eigenvalue weighted by Gasteiger charge is 2.12. The van der Waals surface area contributed by atoms with E-state index in [2.05, 4.69) is 21.9 Å². The number of alkyl halides is 2. The van der Waals surface area contributed by atoms with Gasteiger partial charge >= 0.3 is 0 Å². The van der Waals surface area contributed by atoms with Crippen LogP contribution in [0.5, 0.6) is 0 Å². The average molecular weight is 417 g/mol. The summed E-state index contributed by atoms with van der Waals surface area (Å²) in [6.07, 6.45) is 19.6. The topological polar surface area (TPSA) is 64.7 Å². The van der Waals surface area contributed by atoms with E-state index in [0.29, 0.717) is 0 Å². The predicted molar refractivity (Wildman–Crippen MR) is 118 cm³/mol. The lowest BCUT2D eigenvalue weighted by Gasteiger charge is -2.14. The molecule has 0 bridgehead atoms. The molecule has 0 aliphatic carbocycles. The molecule has 2 unspecified atom stereocenters. The van der Waals surface area contributed by atoms with Crippen LogP contribution in [0.25, 0.3) is 0 Å². The van der Waals surface area contributed by atoms with Gasteiger partial charge in [0.1, 0.15) is 12.2 Å². The third-order valence-corrected chi connectivity index (χ3v) is 5.73. The molecule has 1 heterocycles. The molecule has 1 aromatic heterocycles. The molecule has 27 heavy (non-hydrogen) atoms. The van der Waals surface area contributed by atoms with E-state index in [-0.39, 0.29) is 16.7 Å². The van der Waals surface area contributed by atoms with Crippen molar-refractivity contribution in [3.8, 4) is 0 Å². The van der Waals surface area contributed by atoms with Crippen LogP contribution in [0.15, 0.2) is 6.33 Å². The van der Waals surface area contributed by atoms with E-state index >= 15 is 0 Å². The van der Waals surface area contributed by atoms with Crippen molar-refractivity contribution in [2.24, 2.45) is 0 Å². The average Bonchev–Trinajstić information content (AvgIpc) is 2.63. The highest BCUT2D eigenvalue weighted by atomic mass is 35.5. The Kier molecular flexibility index (Phi) is 14.8. The van der Waals surface area contributed by atoms with Crippen LogP contribution in [0.3, 0.4) is 0 Å². The number of anilines is 1. The molecule has 0 aliphatic rings. The van der Waals surface area contributed by atoms with Gasteiger partial charge in [0.25, 0.3) is 0 Å². The predicted octanol–water partition coefficient (Wildman–Crippen LogP) is 6.69. The third-order valence-electron chi connectivity index (χ3n) is 4.94. The van der Waals surface area contributed by atoms with E-state index in [1.54, 1.807) is 0 Å². The maximum Gasteiger partial charge on any atom is 0.223 e. The summed E-state index contributed by atoms with van der Waals surface area (Å²) in [6.45, 7) is 2.27. The van der Waals surface area contributed by atoms with Gasteiger partial charge in [0.15, 0.2) is 0 Å². The molecule has 0 spiro atoms. The summed E-state index contributed by atoms with van der Waals surface area (Å²) in [5.74, 6) is 1.01. The van der Waals surface area contributed by atoms with E-state index in [1.807, 2.05) is 0 Å². The Bertz CT molecular complexity index is 473. The summed E-state index contributed by atoms with van der Waals surface area (Å²) < 4.78 is 0. The Morgan fingerprint density at radius 1 is 0.815 bits per heavy atom. The summed E-state index contributed by atoms with van der Waals surface area (Å²) in [7, 11) is 0. The van der Waals surface area contributed by atoms with Crippen molar-refractivity contribution in [2.75, 3.05) is 5.73 Å². The second-order valence-electron chi connectivity index (χ2n) is 7.55. The lowest BCUT2D eigenvalue weighted by molar-refractivity contribution is 0.533. The van der Waals surface area contributed by atoms with E-state index in [4.69, 9.17) is 28.9 Å². The third kappa shape index (κ3) is 14.1. The molecule has 156 valence electrons. The first-order valence-corrected chi connectivity index (χ1v) is 11.7. The minimum absolute atomic E-state index is 0.120. The first-order chi connectivity index (χ1) is 13.1. The summed E-state index contributed by atoms with van der Waals surface area (Å²) >= 11 is 12.9. The van der Waals surface area contributed by atoms with Crippen molar-refractivity contribution in [1.29, 1.82) is 0 Å². The molecule has 2 N–H and O–H groups in total. The number of aromatic nitrogens is 3. The van der Waals surface area contributed by atoms with E-state index < -0.39 is 0 Å². The maximum absolute atomic E-state index is 6.47. The number of unbranched alkanes of at least 4 members (excludes halogenated alkanes) is 9. The van der Waals surface area contributed by atoms with Gasteiger partial charge in [-0.25, -0.2) is 9.97 Å². The van der Waals surface area contributed by atoms with Gasteiger partial charge in [0.2, 0.25) is 5.95 Å². The number of rotatable bonds is 17. The molecular weight excluding hydrogens is 379 g/mol. The molecule has 1 aromatic rings. The second kappa shape index (κ2) is 16.4. The van der Waals surface area contributed by atoms with Gasteiger partial charge in [-0.1, -0.05) is 71.1 Å². The fourth-order valence-electron chi connectivity index (χ4n) is 3.31. The van der Waals surface area contributed by atoms with Crippen LogP contribution in [0.1, 0.15) is 103 Å². The lowest BCUT2D eigenvalue weighted by atomic mass is 10.0. The van der Waals surface area contributed by atoms with Crippen LogP contribution in [-0.2, 0) is 6.42 Å². The van der Waals surface area contributed by atoms with E-state index in [1.165, 1.54) is 70.5 Å². The number of aryl methyl sites for hydroxylation is 1. The fraction of sp³-hybridized carbons (Fsp3) is 0.857. The maximum atomic E-state index is 6.47. The minimum atomic E-state index is 0.120. The summed E-state index contributed by atoms with van der Waals surface area (Å²) in [5.41, 5.74) is 5.56. The number of halogens is 2. The number of nitrogens with two attached hydrogens (primary N) is 1. The van der Waals surface area contributed by atoms with Crippen LogP contribution in [0, 0.1) is 0 Å². The monoisotopic (exact) mass is 416 g/mol. The van der Waals surface area contributed by atoms with Gasteiger partial charge in [-0.2, -0.15) is 4.98 Å². The van der Waals surface area contributed by atoms with Crippen molar-refractivity contribution in [2.45, 2.75) is 114 Å². The Morgan fingerprint density at radius 3 is 1.96 bits per heavy atom. The molecule has 0 aromatic carbocycles. The number of hydrogen-bond donors (Lipinski definition) is 1. The molecule has 0 fully saturated rings. The number of hydrogen-bond acceptors (Lipinski definition) is 4. The second-order valence-corrected chi connectivity index (χ2v) is 8.79. The Morgan fingerprint density at radius 2 is 1.37 bits per heavy atom. The zero-order valence-corrected chi connectivity index (χ0v) is 18.5. The summed E-state index contributed by atoms with van der Waals surface area (Å²) in [5, 5.41) is 0.309. The molecule has 0 aliphatic heterocycles. The first-order valence-electron chi connectivity index (χ1n) is 10.8. The van der Waals surface area contributed by atoms with Gasteiger partial charge in [0, 0.05) is 17.2 Å². The van der Waals surface area contributed by atoms with Gasteiger partial charge in [-0.05, 0) is 25.7 Å². The SMILES string of the molecule is CCCCCCCCCCCCC(Cl)CC(Cl)CCCc1ncnc(N)n1. The van der Waals surface area contributed by atoms with Crippen LogP contribution >= 0.6 is 23.2 Å². The smallest absolute Gasteiger partial charge is 0.223 e. The van der Waals surface area contributed by atoms with Gasteiger partial charge < -0.3 is 5.73 Å². The Hall–Kier alpha value is -0.610. The van der Waals surface area contributed by atoms with Crippen LogP contribution < -0.4 is 5.73 Å². The molecule has 0 amide bonds. The molecule has 1 rings (SSSR count). The summed E-state index contributed by atoms with van der Waals surface area (Å²) in [4.78, 5) is 12.0. The highest BCUT2D eigenvalue weighted by molar-refractivity contribution is 6.23. The fourth-order valence-corrected chi connectivity index (χ4v) is 4.14. The van der Waals surface area contributed by atoms with Crippen LogP contribution in [-0.4, -0.2) is 25.7 Å². The molecule has 4 nitrogen and oxygen atoms in total. The quantitative estimate of drug-likeness (QED) is 0.226. The van der Waals surface area contributed by atoms with Gasteiger partial charge in [-0.15, -0.1) is 23.2 Å². The largest absolute Gasteiger partial charge is 0.368 e. The van der Waals surface area contributed by atoms with Crippen molar-refractivity contribution < 1.29 is 0 Å². The van der Waals surface area contributed by atoms with E-state index in [0.717, 1.165) is 37.9 Å². The number of nitrogen functional groups attached to an aromatic ring is 1. The molecule has 2 atom stereocenters. The number of nitrogens with zero attached hydrogens (tertiary/aromatic N) is 3. The van der Waals surface area contributed by atoms with Crippen LogP contribution in [0.2, 0.25) is 0 Å². The van der Waals surface area contributed by atoms with Crippen molar-refractivity contribution >= 4 is 29.2 Å². The molecule has 0 radical (unpaired) electrons. The normalized spacial score (nSPS) is 13.6. The van der Waals surface area contributed by atoms with Crippen molar-refractivity contribution in [1.82, 2.24) is 15.0 Å². The molecule has 6 heteroatoms.